The lowest BCUT2D eigenvalue weighted by atomic mass is 10.0. The molecule has 5 heteroatoms. The number of hydrogen-bond acceptors (Lipinski definition) is 4. The Bertz CT molecular complexity index is 575. The van der Waals surface area contributed by atoms with E-state index in [1.54, 1.807) is 7.11 Å². The minimum atomic E-state index is 0.195. The molecule has 2 unspecified atom stereocenters. The highest BCUT2D eigenvalue weighted by Gasteiger charge is 2.29. The number of carbonyl (C=O) groups is 1. The van der Waals surface area contributed by atoms with Gasteiger partial charge < -0.3 is 15.0 Å². The highest BCUT2D eigenvalue weighted by atomic mass is 16.5. The quantitative estimate of drug-likeness (QED) is 0.878. The largest absolute Gasteiger partial charge is 0.497 e. The number of amides is 1. The lowest BCUT2D eigenvalue weighted by molar-refractivity contribution is -0.135. The standard InChI is InChI=1S/C21H33N3O2/c1-22-18-7-6-13-23(15-18)16-21(25)24-14-5-3-4-8-20(24)17-9-11-19(26-2)12-10-17/h9-12,18,20,22H,3-8,13-16H2,1-2H3. The molecule has 1 aromatic rings. The van der Waals surface area contributed by atoms with E-state index < -0.39 is 0 Å². The second kappa shape index (κ2) is 9.38. The van der Waals surface area contributed by atoms with Gasteiger partial charge >= 0.3 is 0 Å². The second-order valence-electron chi connectivity index (χ2n) is 7.59. The molecule has 0 aliphatic carbocycles. The zero-order chi connectivity index (χ0) is 18.4. The van der Waals surface area contributed by atoms with E-state index in [1.165, 1.54) is 31.2 Å². The molecule has 5 nitrogen and oxygen atoms in total. The number of piperidine rings is 1. The van der Waals surface area contributed by atoms with Crippen molar-refractivity contribution < 1.29 is 9.53 Å². The summed E-state index contributed by atoms with van der Waals surface area (Å²) in [4.78, 5) is 17.6. The minimum Gasteiger partial charge on any atom is -0.497 e. The first-order valence-corrected chi connectivity index (χ1v) is 10.0. The first-order valence-electron chi connectivity index (χ1n) is 10.0. The Morgan fingerprint density at radius 2 is 1.92 bits per heavy atom. The van der Waals surface area contributed by atoms with E-state index in [1.807, 2.05) is 19.2 Å². The Kier molecular flexibility index (Phi) is 6.92. The molecule has 2 atom stereocenters. The molecule has 2 heterocycles. The van der Waals surface area contributed by atoms with Crippen LogP contribution in [0, 0.1) is 0 Å². The van der Waals surface area contributed by atoms with Crippen molar-refractivity contribution in [1.29, 1.82) is 0 Å². The molecule has 26 heavy (non-hydrogen) atoms. The number of methoxy groups -OCH3 is 1. The normalized spacial score (nSPS) is 24.9. The zero-order valence-electron chi connectivity index (χ0n) is 16.2. The van der Waals surface area contributed by atoms with Crippen molar-refractivity contribution in [1.82, 2.24) is 15.1 Å². The lowest BCUT2D eigenvalue weighted by Crippen LogP contribution is -2.49. The van der Waals surface area contributed by atoms with Crippen LogP contribution < -0.4 is 10.1 Å². The van der Waals surface area contributed by atoms with Crippen LogP contribution in [0.2, 0.25) is 0 Å². The summed E-state index contributed by atoms with van der Waals surface area (Å²) in [6.45, 7) is 3.43. The van der Waals surface area contributed by atoms with Gasteiger partial charge in [0.25, 0.3) is 0 Å². The van der Waals surface area contributed by atoms with E-state index in [-0.39, 0.29) is 11.9 Å². The van der Waals surface area contributed by atoms with Gasteiger partial charge in [-0.3, -0.25) is 9.69 Å². The molecule has 0 spiro atoms. The number of benzene rings is 1. The number of likely N-dealkylation sites (tertiary alicyclic amines) is 2. The summed E-state index contributed by atoms with van der Waals surface area (Å²) in [5.74, 6) is 1.15. The van der Waals surface area contributed by atoms with Crippen molar-refractivity contribution in [2.75, 3.05) is 40.3 Å². The summed E-state index contributed by atoms with van der Waals surface area (Å²) >= 11 is 0. The molecule has 0 aromatic heterocycles. The van der Waals surface area contributed by atoms with Crippen molar-refractivity contribution >= 4 is 5.91 Å². The van der Waals surface area contributed by atoms with Gasteiger partial charge in [-0.05, 0) is 57.0 Å². The van der Waals surface area contributed by atoms with E-state index in [9.17, 15) is 4.79 Å². The summed E-state index contributed by atoms with van der Waals surface area (Å²) in [6, 6.07) is 8.95. The number of nitrogens with one attached hydrogen (secondary N) is 1. The first kappa shape index (κ1) is 19.2. The molecule has 1 N–H and O–H groups in total. The third-order valence-electron chi connectivity index (χ3n) is 5.85. The topological polar surface area (TPSA) is 44.8 Å². The van der Waals surface area contributed by atoms with E-state index in [4.69, 9.17) is 4.74 Å². The summed E-state index contributed by atoms with van der Waals surface area (Å²) < 4.78 is 5.28. The van der Waals surface area contributed by atoms with Crippen LogP contribution in [0.5, 0.6) is 5.75 Å². The van der Waals surface area contributed by atoms with Gasteiger partial charge in [0.15, 0.2) is 0 Å². The molecule has 0 bridgehead atoms. The highest BCUT2D eigenvalue weighted by molar-refractivity contribution is 5.79. The minimum absolute atomic E-state index is 0.195. The Balaban J connectivity index is 1.70. The van der Waals surface area contributed by atoms with Gasteiger partial charge in [-0.25, -0.2) is 0 Å². The number of nitrogens with zero attached hydrogens (tertiary/aromatic N) is 2. The van der Waals surface area contributed by atoms with Crippen molar-refractivity contribution in [3.05, 3.63) is 29.8 Å². The smallest absolute Gasteiger partial charge is 0.237 e. The van der Waals surface area contributed by atoms with Crippen LogP contribution in [0.25, 0.3) is 0 Å². The van der Waals surface area contributed by atoms with Crippen LogP contribution in [0.1, 0.15) is 50.1 Å². The average Bonchev–Trinajstić information content (AvgIpc) is 2.94. The lowest BCUT2D eigenvalue weighted by Gasteiger charge is -2.36. The van der Waals surface area contributed by atoms with Crippen LogP contribution in [0.4, 0.5) is 0 Å². The Morgan fingerprint density at radius 3 is 2.65 bits per heavy atom. The zero-order valence-corrected chi connectivity index (χ0v) is 16.2. The van der Waals surface area contributed by atoms with Gasteiger partial charge in [-0.1, -0.05) is 25.0 Å². The second-order valence-corrected chi connectivity index (χ2v) is 7.59. The van der Waals surface area contributed by atoms with Crippen molar-refractivity contribution in [3.8, 4) is 5.75 Å². The highest BCUT2D eigenvalue weighted by Crippen LogP contribution is 2.31. The molecule has 2 aliphatic heterocycles. The molecule has 144 valence electrons. The molecule has 2 aliphatic rings. The first-order chi connectivity index (χ1) is 12.7. The molecular weight excluding hydrogens is 326 g/mol. The molecule has 2 saturated heterocycles. The predicted molar refractivity (Wildman–Crippen MR) is 104 cm³/mol. The van der Waals surface area contributed by atoms with Crippen LogP contribution in [0.3, 0.4) is 0 Å². The van der Waals surface area contributed by atoms with Gasteiger partial charge in [-0.15, -0.1) is 0 Å². The van der Waals surface area contributed by atoms with Crippen LogP contribution in [0.15, 0.2) is 24.3 Å². The Hall–Kier alpha value is -1.59. The van der Waals surface area contributed by atoms with Crippen molar-refractivity contribution in [2.24, 2.45) is 0 Å². The number of carbonyl (C=O) groups excluding carboxylic acids is 1. The third-order valence-corrected chi connectivity index (χ3v) is 5.85. The average molecular weight is 360 g/mol. The van der Waals surface area contributed by atoms with Gasteiger partial charge in [0.05, 0.1) is 19.7 Å². The number of rotatable bonds is 5. The fourth-order valence-corrected chi connectivity index (χ4v) is 4.30. The molecule has 3 rings (SSSR count). The number of hydrogen-bond donors (Lipinski definition) is 1. The van der Waals surface area contributed by atoms with Crippen LogP contribution in [-0.4, -0.2) is 62.1 Å². The molecule has 1 amide bonds. The van der Waals surface area contributed by atoms with Gasteiger partial charge in [0.1, 0.15) is 5.75 Å². The third kappa shape index (κ3) is 4.77. The summed E-state index contributed by atoms with van der Waals surface area (Å²) in [5.41, 5.74) is 1.23. The number of likely N-dealkylation sites (N-methyl/N-ethyl adjacent to an activating group) is 1. The Morgan fingerprint density at radius 1 is 1.12 bits per heavy atom. The van der Waals surface area contributed by atoms with Gasteiger partial charge in [0, 0.05) is 19.1 Å². The van der Waals surface area contributed by atoms with Crippen LogP contribution in [-0.2, 0) is 4.79 Å². The summed E-state index contributed by atoms with van der Waals surface area (Å²) in [6.07, 6.45) is 6.93. The molecule has 1 aromatic carbocycles. The molecule has 0 radical (unpaired) electrons. The maximum absolute atomic E-state index is 13.2. The van der Waals surface area contributed by atoms with E-state index in [0.29, 0.717) is 12.6 Å². The maximum atomic E-state index is 13.2. The van der Waals surface area contributed by atoms with Gasteiger partial charge in [0.2, 0.25) is 5.91 Å². The monoisotopic (exact) mass is 359 g/mol. The van der Waals surface area contributed by atoms with E-state index in [0.717, 1.165) is 38.2 Å². The summed E-state index contributed by atoms with van der Waals surface area (Å²) in [7, 11) is 3.71. The molecular formula is C21H33N3O2. The SMILES string of the molecule is CNC1CCCN(CC(=O)N2CCCCCC2c2ccc(OC)cc2)C1. The molecule has 2 fully saturated rings. The van der Waals surface area contributed by atoms with E-state index >= 15 is 0 Å². The van der Waals surface area contributed by atoms with Gasteiger partial charge in [-0.2, -0.15) is 0 Å². The molecule has 0 saturated carbocycles. The van der Waals surface area contributed by atoms with E-state index in [2.05, 4.69) is 27.2 Å². The van der Waals surface area contributed by atoms with Crippen molar-refractivity contribution in [3.63, 3.8) is 0 Å². The van der Waals surface area contributed by atoms with Crippen LogP contribution >= 0.6 is 0 Å². The van der Waals surface area contributed by atoms with Crippen molar-refractivity contribution in [2.45, 2.75) is 50.6 Å². The number of ether oxygens (including phenoxy) is 1. The predicted octanol–water partition coefficient (Wildman–Crippen LogP) is 2.82. The summed E-state index contributed by atoms with van der Waals surface area (Å²) in [5, 5.41) is 3.36. The maximum Gasteiger partial charge on any atom is 0.237 e. The Labute approximate surface area is 157 Å². The fourth-order valence-electron chi connectivity index (χ4n) is 4.30. The fraction of sp³-hybridized carbons (Fsp3) is 0.667.